The minimum absolute atomic E-state index is 0.120. The third-order valence-electron chi connectivity index (χ3n) is 3.23. The maximum absolute atomic E-state index is 11.6. The Hall–Kier alpha value is -0.690. The summed E-state index contributed by atoms with van der Waals surface area (Å²) in [6.07, 6.45) is 4.82. The summed E-state index contributed by atoms with van der Waals surface area (Å²) in [5.41, 5.74) is 0.385. The van der Waals surface area contributed by atoms with Gasteiger partial charge in [-0.3, -0.25) is 4.79 Å². The van der Waals surface area contributed by atoms with Crippen molar-refractivity contribution < 1.29 is 4.79 Å². The molecule has 1 saturated heterocycles. The van der Waals surface area contributed by atoms with E-state index in [1.807, 2.05) is 10.3 Å². The van der Waals surface area contributed by atoms with Crippen molar-refractivity contribution >= 4 is 17.7 Å². The van der Waals surface area contributed by atoms with Crippen molar-refractivity contribution in [1.29, 1.82) is 5.26 Å². The zero-order valence-corrected chi connectivity index (χ0v) is 11.0. The van der Waals surface area contributed by atoms with Gasteiger partial charge >= 0.3 is 0 Å². The van der Waals surface area contributed by atoms with Gasteiger partial charge in [-0.1, -0.05) is 26.7 Å². The van der Waals surface area contributed by atoms with Gasteiger partial charge in [0.2, 0.25) is 5.91 Å². The van der Waals surface area contributed by atoms with Crippen molar-refractivity contribution in [2.45, 2.75) is 39.5 Å². The molecule has 16 heavy (non-hydrogen) atoms. The van der Waals surface area contributed by atoms with Crippen LogP contribution in [0.15, 0.2) is 0 Å². The van der Waals surface area contributed by atoms with Crippen LogP contribution < -0.4 is 0 Å². The first-order valence-electron chi connectivity index (χ1n) is 5.96. The van der Waals surface area contributed by atoms with Crippen LogP contribution in [0, 0.1) is 16.1 Å². The summed E-state index contributed by atoms with van der Waals surface area (Å²) in [5, 5.41) is 10.3. The van der Waals surface area contributed by atoms with E-state index < -0.39 is 0 Å². The molecule has 1 fully saturated rings. The normalized spacial score (nSPS) is 17.7. The molecule has 0 atom stereocenters. The quantitative estimate of drug-likeness (QED) is 0.670. The van der Waals surface area contributed by atoms with Gasteiger partial charge in [0.25, 0.3) is 0 Å². The van der Waals surface area contributed by atoms with Crippen LogP contribution in [-0.2, 0) is 4.79 Å². The first-order valence-corrected chi connectivity index (χ1v) is 6.94. The summed E-state index contributed by atoms with van der Waals surface area (Å²) in [4.78, 5) is 13.5. The molecule has 1 aliphatic rings. The van der Waals surface area contributed by atoms with E-state index in [-0.39, 0.29) is 5.91 Å². The predicted octanol–water partition coefficient (Wildman–Crippen LogP) is 2.63. The Morgan fingerprint density at radius 3 is 2.38 bits per heavy atom. The first kappa shape index (κ1) is 13.4. The maximum atomic E-state index is 11.6. The molecule has 0 aromatic heterocycles. The van der Waals surface area contributed by atoms with Gasteiger partial charge < -0.3 is 4.90 Å². The fourth-order valence-electron chi connectivity index (χ4n) is 2.63. The van der Waals surface area contributed by atoms with Crippen LogP contribution >= 0.6 is 11.8 Å². The number of likely N-dealkylation sites (tertiary alicyclic amines) is 1. The molecule has 0 N–H and O–H groups in total. The Balaban J connectivity index is 2.38. The van der Waals surface area contributed by atoms with Crippen LogP contribution in [-0.4, -0.2) is 29.6 Å². The molecule has 1 rings (SSSR count). The van der Waals surface area contributed by atoms with Gasteiger partial charge in [-0.05, 0) is 24.6 Å². The maximum Gasteiger partial charge on any atom is 0.233 e. The van der Waals surface area contributed by atoms with E-state index in [0.717, 1.165) is 24.9 Å². The number of nitriles is 1. The standard InChI is InChI=1S/C12H20N2OS/c1-3-5-12(6-4-2)8-14(9-12)11(15)7-16-10-13/h3-9H2,1-2H3. The topological polar surface area (TPSA) is 44.1 Å². The van der Waals surface area contributed by atoms with E-state index in [4.69, 9.17) is 5.26 Å². The number of carbonyl (C=O) groups excluding carboxylic acids is 1. The van der Waals surface area contributed by atoms with E-state index in [2.05, 4.69) is 13.8 Å². The molecule has 0 radical (unpaired) electrons. The summed E-state index contributed by atoms with van der Waals surface area (Å²) in [7, 11) is 0. The first-order chi connectivity index (χ1) is 7.67. The fraction of sp³-hybridized carbons (Fsp3) is 0.833. The lowest BCUT2D eigenvalue weighted by atomic mass is 9.72. The highest BCUT2D eigenvalue weighted by atomic mass is 32.2. The molecule has 3 nitrogen and oxygen atoms in total. The minimum atomic E-state index is 0.120. The van der Waals surface area contributed by atoms with E-state index in [1.54, 1.807) is 0 Å². The second-order valence-corrected chi connectivity index (χ2v) is 5.39. The molecule has 1 amide bonds. The van der Waals surface area contributed by atoms with Crippen LogP contribution in [0.25, 0.3) is 0 Å². The molecule has 1 heterocycles. The summed E-state index contributed by atoms with van der Waals surface area (Å²) in [6.45, 7) is 6.21. The molecular weight excluding hydrogens is 220 g/mol. The summed E-state index contributed by atoms with van der Waals surface area (Å²) in [6, 6.07) is 0. The van der Waals surface area contributed by atoms with E-state index in [9.17, 15) is 4.79 Å². The molecule has 0 aromatic carbocycles. The average molecular weight is 240 g/mol. The third-order valence-corrected chi connectivity index (χ3v) is 3.75. The number of thioether (sulfide) groups is 1. The molecule has 0 unspecified atom stereocenters. The molecule has 0 bridgehead atoms. The summed E-state index contributed by atoms with van der Waals surface area (Å²) in [5.74, 6) is 0.430. The molecule has 1 aliphatic heterocycles. The highest BCUT2D eigenvalue weighted by molar-refractivity contribution is 8.04. The Morgan fingerprint density at radius 2 is 1.94 bits per heavy atom. The van der Waals surface area contributed by atoms with Gasteiger partial charge in [-0.2, -0.15) is 5.26 Å². The summed E-state index contributed by atoms with van der Waals surface area (Å²) < 4.78 is 0. The number of thiocyanates is 1. The molecule has 0 aliphatic carbocycles. The van der Waals surface area contributed by atoms with Gasteiger partial charge in [0.1, 0.15) is 5.40 Å². The van der Waals surface area contributed by atoms with Crippen molar-refractivity contribution in [2.24, 2.45) is 5.41 Å². The fourth-order valence-corrected chi connectivity index (χ4v) is 3.00. The Morgan fingerprint density at radius 1 is 1.38 bits per heavy atom. The van der Waals surface area contributed by atoms with Crippen molar-refractivity contribution in [3.8, 4) is 5.40 Å². The van der Waals surface area contributed by atoms with Gasteiger partial charge in [0, 0.05) is 18.5 Å². The van der Waals surface area contributed by atoms with E-state index in [1.165, 1.54) is 25.7 Å². The van der Waals surface area contributed by atoms with E-state index in [0.29, 0.717) is 11.2 Å². The van der Waals surface area contributed by atoms with Crippen molar-refractivity contribution in [3.63, 3.8) is 0 Å². The smallest absolute Gasteiger partial charge is 0.233 e. The molecule has 0 aromatic rings. The minimum Gasteiger partial charge on any atom is -0.341 e. The number of carbonyl (C=O) groups is 1. The predicted molar refractivity (Wildman–Crippen MR) is 66.9 cm³/mol. The molecule has 0 saturated carbocycles. The Labute approximate surface area is 102 Å². The number of hydrogen-bond donors (Lipinski definition) is 0. The highest BCUT2D eigenvalue weighted by Crippen LogP contribution is 2.39. The van der Waals surface area contributed by atoms with E-state index >= 15 is 0 Å². The molecule has 0 spiro atoms. The zero-order chi connectivity index (χ0) is 12.0. The number of hydrogen-bond acceptors (Lipinski definition) is 3. The van der Waals surface area contributed by atoms with Crippen molar-refractivity contribution in [1.82, 2.24) is 4.90 Å². The largest absolute Gasteiger partial charge is 0.341 e. The SMILES string of the molecule is CCCC1(CCC)CN(C(=O)CSC#N)C1. The second-order valence-electron chi connectivity index (χ2n) is 4.63. The summed E-state index contributed by atoms with van der Waals surface area (Å²) >= 11 is 1.03. The number of amides is 1. The number of nitrogens with zero attached hydrogens (tertiary/aromatic N) is 2. The Bertz CT molecular complexity index is 271. The monoisotopic (exact) mass is 240 g/mol. The number of rotatable bonds is 6. The third kappa shape index (κ3) is 3.15. The highest BCUT2D eigenvalue weighted by Gasteiger charge is 2.43. The molecule has 90 valence electrons. The van der Waals surface area contributed by atoms with Gasteiger partial charge in [0.15, 0.2) is 0 Å². The van der Waals surface area contributed by atoms with Crippen LogP contribution in [0.2, 0.25) is 0 Å². The second kappa shape index (κ2) is 6.15. The van der Waals surface area contributed by atoms with Gasteiger partial charge in [-0.25, -0.2) is 0 Å². The van der Waals surface area contributed by atoms with Gasteiger partial charge in [0.05, 0.1) is 5.75 Å². The Kier molecular flexibility index (Phi) is 5.14. The molecular formula is C12H20N2OS. The lowest BCUT2D eigenvalue weighted by molar-refractivity contribution is -0.141. The van der Waals surface area contributed by atoms with Crippen molar-refractivity contribution in [2.75, 3.05) is 18.8 Å². The zero-order valence-electron chi connectivity index (χ0n) is 10.2. The van der Waals surface area contributed by atoms with Gasteiger partial charge in [-0.15, -0.1) is 0 Å². The van der Waals surface area contributed by atoms with Crippen LogP contribution in [0.4, 0.5) is 0 Å². The van der Waals surface area contributed by atoms with Crippen LogP contribution in [0.1, 0.15) is 39.5 Å². The lowest BCUT2D eigenvalue weighted by Gasteiger charge is -2.50. The molecule has 4 heteroatoms. The van der Waals surface area contributed by atoms with Crippen LogP contribution in [0.5, 0.6) is 0 Å². The van der Waals surface area contributed by atoms with Crippen LogP contribution in [0.3, 0.4) is 0 Å². The average Bonchev–Trinajstić information content (AvgIpc) is 2.22. The lowest BCUT2D eigenvalue weighted by Crippen LogP contribution is -2.58. The van der Waals surface area contributed by atoms with Crippen molar-refractivity contribution in [3.05, 3.63) is 0 Å².